The van der Waals surface area contributed by atoms with E-state index >= 15 is 0 Å². The second-order valence-electron chi connectivity index (χ2n) is 5.08. The summed E-state index contributed by atoms with van der Waals surface area (Å²) in [6, 6.07) is 3.16. The van der Waals surface area contributed by atoms with Gasteiger partial charge >= 0.3 is 0 Å². The van der Waals surface area contributed by atoms with E-state index in [1.165, 1.54) is 0 Å². The van der Waals surface area contributed by atoms with E-state index in [1.54, 1.807) is 0 Å². The molecule has 1 unspecified atom stereocenters. The molecule has 0 heterocycles. The number of rotatable bonds is 2. The van der Waals surface area contributed by atoms with Crippen LogP contribution in [0.4, 0.5) is 5.69 Å². The van der Waals surface area contributed by atoms with Crippen molar-refractivity contribution in [3.05, 3.63) is 25.6 Å². The van der Waals surface area contributed by atoms with E-state index < -0.39 is 6.04 Å². The number of amides is 1. The molecule has 0 aliphatic carbocycles. The first-order valence-electron chi connectivity index (χ1n) is 5.34. The smallest absolute Gasteiger partial charge is 0.241 e. The van der Waals surface area contributed by atoms with Crippen LogP contribution in [0.25, 0.3) is 0 Å². The number of halogens is 3. The quantitative estimate of drug-likeness (QED) is 0.718. The third-order valence-corrected chi connectivity index (χ3v) is 4.18. The summed E-state index contributed by atoms with van der Waals surface area (Å²) in [5.74, 6) is -0.203. The lowest BCUT2D eigenvalue weighted by Crippen LogP contribution is -2.45. The SMILES string of the molecule is CC(C)(C)C(N)C(=O)Nc1c(Br)cc(Br)cc1Br. The topological polar surface area (TPSA) is 55.1 Å². The lowest BCUT2D eigenvalue weighted by molar-refractivity contribution is -0.119. The highest BCUT2D eigenvalue weighted by atomic mass is 79.9. The van der Waals surface area contributed by atoms with Crippen LogP contribution in [0.1, 0.15) is 20.8 Å². The number of carbonyl (C=O) groups is 1. The summed E-state index contributed by atoms with van der Waals surface area (Å²) in [6.07, 6.45) is 0. The lowest BCUT2D eigenvalue weighted by Gasteiger charge is -2.26. The largest absolute Gasteiger partial charge is 0.323 e. The van der Waals surface area contributed by atoms with Crippen molar-refractivity contribution >= 4 is 59.4 Å². The second kappa shape index (κ2) is 6.03. The Bertz CT molecular complexity index is 446. The molecule has 1 atom stereocenters. The minimum absolute atomic E-state index is 0.203. The minimum Gasteiger partial charge on any atom is -0.323 e. The third kappa shape index (κ3) is 4.05. The molecular formula is C12H15Br3N2O. The van der Waals surface area contributed by atoms with E-state index in [2.05, 4.69) is 53.1 Å². The zero-order valence-electron chi connectivity index (χ0n) is 10.4. The summed E-state index contributed by atoms with van der Waals surface area (Å²) in [5.41, 5.74) is 6.32. The summed E-state index contributed by atoms with van der Waals surface area (Å²) in [5, 5.41) is 2.83. The summed E-state index contributed by atoms with van der Waals surface area (Å²) < 4.78 is 2.50. The van der Waals surface area contributed by atoms with Gasteiger partial charge in [-0.1, -0.05) is 36.7 Å². The molecule has 0 radical (unpaired) electrons. The molecule has 1 rings (SSSR count). The molecule has 0 spiro atoms. The van der Waals surface area contributed by atoms with Gasteiger partial charge in [0.2, 0.25) is 5.91 Å². The minimum atomic E-state index is -0.569. The van der Waals surface area contributed by atoms with Crippen LogP contribution in [-0.2, 0) is 4.79 Å². The highest BCUT2D eigenvalue weighted by molar-refractivity contribution is 9.11. The van der Waals surface area contributed by atoms with Gasteiger partial charge in [0.15, 0.2) is 0 Å². The zero-order chi connectivity index (χ0) is 14.1. The average molecular weight is 443 g/mol. The maximum atomic E-state index is 12.1. The molecule has 0 aliphatic heterocycles. The number of carbonyl (C=O) groups excluding carboxylic acids is 1. The molecule has 0 aromatic heterocycles. The molecule has 3 N–H and O–H groups in total. The van der Waals surface area contributed by atoms with Crippen LogP contribution < -0.4 is 11.1 Å². The van der Waals surface area contributed by atoms with Crippen molar-refractivity contribution in [3.8, 4) is 0 Å². The number of nitrogens with two attached hydrogens (primary N) is 1. The van der Waals surface area contributed by atoms with Crippen LogP contribution in [0.5, 0.6) is 0 Å². The molecule has 1 aromatic rings. The van der Waals surface area contributed by atoms with E-state index in [0.717, 1.165) is 13.4 Å². The standard InChI is InChI=1S/C12H15Br3N2O/c1-12(2,3)10(16)11(18)17-9-7(14)4-6(13)5-8(9)15/h4-5,10H,16H2,1-3H3,(H,17,18). The van der Waals surface area contributed by atoms with Crippen molar-refractivity contribution in [2.45, 2.75) is 26.8 Å². The molecule has 6 heteroatoms. The fourth-order valence-electron chi connectivity index (χ4n) is 1.26. The number of hydrogen-bond donors (Lipinski definition) is 2. The predicted octanol–water partition coefficient (Wildman–Crippen LogP) is 4.29. The molecule has 18 heavy (non-hydrogen) atoms. The normalized spacial score (nSPS) is 13.3. The van der Waals surface area contributed by atoms with Gasteiger partial charge in [0.1, 0.15) is 0 Å². The highest BCUT2D eigenvalue weighted by Crippen LogP contribution is 2.34. The van der Waals surface area contributed by atoms with Crippen LogP contribution in [0.15, 0.2) is 25.6 Å². The Morgan fingerprint density at radius 1 is 1.22 bits per heavy atom. The maximum Gasteiger partial charge on any atom is 0.241 e. The average Bonchev–Trinajstić information content (AvgIpc) is 2.20. The van der Waals surface area contributed by atoms with Gasteiger partial charge in [0, 0.05) is 13.4 Å². The number of anilines is 1. The fraction of sp³-hybridized carbons (Fsp3) is 0.417. The lowest BCUT2D eigenvalue weighted by atomic mass is 9.87. The fourth-order valence-corrected chi connectivity index (χ4v) is 3.71. The number of nitrogens with one attached hydrogen (secondary N) is 1. The predicted molar refractivity (Wildman–Crippen MR) is 85.6 cm³/mol. The Morgan fingerprint density at radius 3 is 2.06 bits per heavy atom. The zero-order valence-corrected chi connectivity index (χ0v) is 15.1. The molecule has 1 aromatic carbocycles. The van der Waals surface area contributed by atoms with Gasteiger partial charge in [-0.15, -0.1) is 0 Å². The molecule has 0 bridgehead atoms. The van der Waals surface area contributed by atoms with Crippen molar-refractivity contribution in [1.29, 1.82) is 0 Å². The van der Waals surface area contributed by atoms with Crippen LogP contribution in [0.2, 0.25) is 0 Å². The second-order valence-corrected chi connectivity index (χ2v) is 7.70. The molecule has 0 saturated heterocycles. The van der Waals surface area contributed by atoms with Crippen LogP contribution in [-0.4, -0.2) is 11.9 Å². The summed E-state index contributed by atoms with van der Waals surface area (Å²) in [4.78, 5) is 12.1. The third-order valence-electron chi connectivity index (χ3n) is 2.47. The molecule has 0 fully saturated rings. The molecule has 3 nitrogen and oxygen atoms in total. The van der Waals surface area contributed by atoms with E-state index in [0.29, 0.717) is 5.69 Å². The highest BCUT2D eigenvalue weighted by Gasteiger charge is 2.28. The van der Waals surface area contributed by atoms with Gasteiger partial charge in [-0.05, 0) is 49.4 Å². The van der Waals surface area contributed by atoms with Gasteiger partial charge in [-0.2, -0.15) is 0 Å². The first-order valence-corrected chi connectivity index (χ1v) is 7.72. The van der Waals surface area contributed by atoms with Crippen LogP contribution >= 0.6 is 47.8 Å². The van der Waals surface area contributed by atoms with Gasteiger partial charge in [-0.25, -0.2) is 0 Å². The van der Waals surface area contributed by atoms with Gasteiger partial charge in [0.25, 0.3) is 0 Å². The monoisotopic (exact) mass is 440 g/mol. The van der Waals surface area contributed by atoms with E-state index in [1.807, 2.05) is 32.9 Å². The Labute approximate surface area is 132 Å². The van der Waals surface area contributed by atoms with E-state index in [4.69, 9.17) is 5.73 Å². The van der Waals surface area contributed by atoms with Crippen LogP contribution in [0.3, 0.4) is 0 Å². The Balaban J connectivity index is 2.96. The van der Waals surface area contributed by atoms with E-state index in [-0.39, 0.29) is 11.3 Å². The van der Waals surface area contributed by atoms with Gasteiger partial charge in [-0.3, -0.25) is 4.79 Å². The maximum absolute atomic E-state index is 12.1. The van der Waals surface area contributed by atoms with Crippen molar-refractivity contribution in [2.24, 2.45) is 11.1 Å². The Morgan fingerprint density at radius 2 is 1.67 bits per heavy atom. The first-order chi connectivity index (χ1) is 8.12. The summed E-state index contributed by atoms with van der Waals surface area (Å²) >= 11 is 10.2. The first kappa shape index (κ1) is 16.1. The Kier molecular flexibility index (Phi) is 5.41. The molecule has 1 amide bonds. The van der Waals surface area contributed by atoms with Crippen molar-refractivity contribution in [1.82, 2.24) is 0 Å². The molecular weight excluding hydrogens is 428 g/mol. The number of benzene rings is 1. The summed E-state index contributed by atoms with van der Waals surface area (Å²) in [7, 11) is 0. The molecule has 100 valence electrons. The van der Waals surface area contributed by atoms with Crippen LogP contribution in [0, 0.1) is 5.41 Å². The number of hydrogen-bond acceptors (Lipinski definition) is 2. The van der Waals surface area contributed by atoms with Gasteiger partial charge < -0.3 is 11.1 Å². The van der Waals surface area contributed by atoms with Crippen molar-refractivity contribution in [3.63, 3.8) is 0 Å². The van der Waals surface area contributed by atoms with Crippen molar-refractivity contribution < 1.29 is 4.79 Å². The van der Waals surface area contributed by atoms with E-state index in [9.17, 15) is 4.79 Å². The van der Waals surface area contributed by atoms with Gasteiger partial charge in [0.05, 0.1) is 11.7 Å². The molecule has 0 saturated carbocycles. The summed E-state index contributed by atoms with van der Waals surface area (Å²) in [6.45, 7) is 5.80. The molecule has 0 aliphatic rings. The Hall–Kier alpha value is 0.0900. The van der Waals surface area contributed by atoms with Crippen molar-refractivity contribution in [2.75, 3.05) is 5.32 Å².